The van der Waals surface area contributed by atoms with Crippen molar-refractivity contribution in [2.24, 2.45) is 7.05 Å². The number of nitrogens with zero attached hydrogens (tertiary/aromatic N) is 6. The highest BCUT2D eigenvalue weighted by Gasteiger charge is 2.14. The van der Waals surface area contributed by atoms with E-state index < -0.39 is 0 Å². The number of nitrogens with one attached hydrogen (secondary N) is 1. The average molecular weight is 349 g/mol. The minimum atomic E-state index is 0.472. The summed E-state index contributed by atoms with van der Waals surface area (Å²) in [7, 11) is 1.87. The number of ether oxygens (including phenoxy) is 2. The van der Waals surface area contributed by atoms with Crippen LogP contribution in [0.2, 0.25) is 0 Å². The third-order valence-corrected chi connectivity index (χ3v) is 4.05. The van der Waals surface area contributed by atoms with Crippen LogP contribution in [-0.4, -0.2) is 42.6 Å². The summed E-state index contributed by atoms with van der Waals surface area (Å²) in [5.74, 6) is 1.93. The molecule has 0 radical (unpaired) electrons. The first-order valence-electron chi connectivity index (χ1n) is 8.13. The van der Waals surface area contributed by atoms with Gasteiger partial charge in [-0.1, -0.05) is 0 Å². The molecule has 1 aromatic carbocycles. The first-order valence-corrected chi connectivity index (χ1v) is 8.13. The number of fused-ring (bicyclic) bond motifs is 2. The van der Waals surface area contributed by atoms with Gasteiger partial charge in [0.05, 0.1) is 24.3 Å². The molecule has 1 aliphatic heterocycles. The molecule has 0 amide bonds. The molecule has 0 saturated heterocycles. The summed E-state index contributed by atoms with van der Waals surface area (Å²) in [5, 5.41) is 12.0. The van der Waals surface area contributed by atoms with Crippen LogP contribution in [-0.2, 0) is 7.05 Å². The van der Waals surface area contributed by atoms with Crippen molar-refractivity contribution in [2.75, 3.05) is 18.5 Å². The van der Waals surface area contributed by atoms with E-state index in [1.807, 2.05) is 31.4 Å². The number of anilines is 2. The fourth-order valence-corrected chi connectivity index (χ4v) is 2.87. The normalized spacial score (nSPS) is 13.1. The topological polar surface area (TPSA) is 91.4 Å². The number of aromatic nitrogens is 6. The molecule has 0 fully saturated rings. The maximum atomic E-state index is 5.61. The van der Waals surface area contributed by atoms with Crippen LogP contribution in [0.1, 0.15) is 0 Å². The van der Waals surface area contributed by atoms with Gasteiger partial charge in [0, 0.05) is 30.6 Å². The van der Waals surface area contributed by atoms with Crippen LogP contribution in [0.4, 0.5) is 11.6 Å². The van der Waals surface area contributed by atoms with Crippen molar-refractivity contribution >= 4 is 17.3 Å². The predicted molar refractivity (Wildman–Crippen MR) is 93.7 cm³/mol. The standard InChI is InChI=1S/C17H15N7O2/c1-23-10-11(7-19-23)13-8-18-9-16-21-17(22-24(13)16)20-12-2-3-14-15(6-12)26-5-4-25-14/h2-3,6-10H,4-5H2,1H3,(H,20,22). The molecular formula is C17H15N7O2. The van der Waals surface area contributed by atoms with Gasteiger partial charge in [0.1, 0.15) is 13.2 Å². The Hall–Kier alpha value is -3.62. The Morgan fingerprint density at radius 1 is 1.08 bits per heavy atom. The number of hydrogen-bond acceptors (Lipinski definition) is 7. The lowest BCUT2D eigenvalue weighted by Gasteiger charge is -2.18. The fraction of sp³-hybridized carbons (Fsp3) is 0.176. The Balaban J connectivity index is 1.50. The highest BCUT2D eigenvalue weighted by atomic mass is 16.6. The molecule has 0 aliphatic carbocycles. The molecule has 5 rings (SSSR count). The number of rotatable bonds is 3. The summed E-state index contributed by atoms with van der Waals surface area (Å²) in [6.07, 6.45) is 7.09. The quantitative estimate of drug-likeness (QED) is 0.605. The molecule has 1 aliphatic rings. The highest BCUT2D eigenvalue weighted by molar-refractivity contribution is 5.64. The SMILES string of the molecule is Cn1cc(-c2cncc3nc(Nc4ccc5c(c4)OCCO5)nn23)cn1. The molecule has 1 N–H and O–H groups in total. The second kappa shape index (κ2) is 5.73. The van der Waals surface area contributed by atoms with E-state index in [1.54, 1.807) is 27.8 Å². The minimum absolute atomic E-state index is 0.472. The van der Waals surface area contributed by atoms with Crippen LogP contribution in [0.5, 0.6) is 11.5 Å². The lowest BCUT2D eigenvalue weighted by atomic mass is 10.2. The summed E-state index contributed by atoms with van der Waals surface area (Å²) >= 11 is 0. The molecule has 130 valence electrons. The van der Waals surface area contributed by atoms with Gasteiger partial charge in [-0.3, -0.25) is 9.67 Å². The van der Waals surface area contributed by atoms with Gasteiger partial charge < -0.3 is 14.8 Å². The second-order valence-electron chi connectivity index (χ2n) is 5.88. The zero-order chi connectivity index (χ0) is 17.5. The Bertz CT molecular complexity index is 1100. The van der Waals surface area contributed by atoms with Gasteiger partial charge in [-0.2, -0.15) is 10.1 Å². The summed E-state index contributed by atoms with van der Waals surface area (Å²) in [6.45, 7) is 1.11. The third-order valence-electron chi connectivity index (χ3n) is 4.05. The molecule has 0 spiro atoms. The van der Waals surface area contributed by atoms with Crippen molar-refractivity contribution in [1.82, 2.24) is 29.4 Å². The molecule has 4 aromatic rings. The van der Waals surface area contributed by atoms with Crippen molar-refractivity contribution < 1.29 is 9.47 Å². The molecule has 3 aromatic heterocycles. The molecule has 9 nitrogen and oxygen atoms in total. The van der Waals surface area contributed by atoms with E-state index in [-0.39, 0.29) is 0 Å². The van der Waals surface area contributed by atoms with Gasteiger partial charge in [0.25, 0.3) is 0 Å². The Morgan fingerprint density at radius 3 is 2.81 bits per heavy atom. The van der Waals surface area contributed by atoms with E-state index >= 15 is 0 Å². The smallest absolute Gasteiger partial charge is 0.247 e. The Labute approximate surface area is 148 Å². The van der Waals surface area contributed by atoms with Gasteiger partial charge in [0.15, 0.2) is 17.1 Å². The van der Waals surface area contributed by atoms with E-state index in [9.17, 15) is 0 Å². The molecule has 9 heteroatoms. The number of aryl methyl sites for hydroxylation is 1. The van der Waals surface area contributed by atoms with E-state index in [0.717, 1.165) is 22.7 Å². The molecule has 0 unspecified atom stereocenters. The van der Waals surface area contributed by atoms with Gasteiger partial charge >= 0.3 is 0 Å². The monoisotopic (exact) mass is 349 g/mol. The summed E-state index contributed by atoms with van der Waals surface area (Å²) in [4.78, 5) is 8.74. The van der Waals surface area contributed by atoms with Crippen molar-refractivity contribution in [3.8, 4) is 22.8 Å². The number of hydrogen-bond donors (Lipinski definition) is 1. The lowest BCUT2D eigenvalue weighted by Crippen LogP contribution is -2.15. The first kappa shape index (κ1) is 14.7. The van der Waals surface area contributed by atoms with Crippen LogP contribution in [0, 0.1) is 0 Å². The summed E-state index contributed by atoms with van der Waals surface area (Å²) in [5.41, 5.74) is 3.20. The van der Waals surface area contributed by atoms with E-state index in [4.69, 9.17) is 9.47 Å². The van der Waals surface area contributed by atoms with Gasteiger partial charge in [-0.05, 0) is 12.1 Å². The summed E-state index contributed by atoms with van der Waals surface area (Å²) < 4.78 is 14.6. The molecule has 4 heterocycles. The van der Waals surface area contributed by atoms with Crippen molar-refractivity contribution in [3.05, 3.63) is 43.0 Å². The predicted octanol–water partition coefficient (Wildman–Crippen LogP) is 2.04. The Morgan fingerprint density at radius 2 is 1.96 bits per heavy atom. The van der Waals surface area contributed by atoms with E-state index in [0.29, 0.717) is 30.6 Å². The number of benzene rings is 1. The summed E-state index contributed by atoms with van der Waals surface area (Å²) in [6, 6.07) is 5.65. The average Bonchev–Trinajstić information content (AvgIpc) is 3.27. The van der Waals surface area contributed by atoms with Crippen LogP contribution < -0.4 is 14.8 Å². The Kier molecular flexibility index (Phi) is 3.24. The van der Waals surface area contributed by atoms with Crippen LogP contribution in [0.3, 0.4) is 0 Å². The zero-order valence-corrected chi connectivity index (χ0v) is 14.0. The molecule has 26 heavy (non-hydrogen) atoms. The van der Waals surface area contributed by atoms with Crippen molar-refractivity contribution in [1.29, 1.82) is 0 Å². The van der Waals surface area contributed by atoms with Gasteiger partial charge in [-0.25, -0.2) is 4.52 Å². The molecule has 0 bridgehead atoms. The largest absolute Gasteiger partial charge is 0.486 e. The van der Waals surface area contributed by atoms with Crippen molar-refractivity contribution in [2.45, 2.75) is 0 Å². The van der Waals surface area contributed by atoms with Gasteiger partial charge in [0.2, 0.25) is 5.95 Å². The van der Waals surface area contributed by atoms with E-state index in [2.05, 4.69) is 25.5 Å². The third kappa shape index (κ3) is 2.50. The van der Waals surface area contributed by atoms with Crippen LogP contribution in [0.25, 0.3) is 16.9 Å². The fourth-order valence-electron chi connectivity index (χ4n) is 2.87. The highest BCUT2D eigenvalue weighted by Crippen LogP contribution is 2.33. The van der Waals surface area contributed by atoms with Crippen LogP contribution in [0.15, 0.2) is 43.0 Å². The molecule has 0 saturated carbocycles. The first-order chi connectivity index (χ1) is 12.8. The maximum absolute atomic E-state index is 5.61. The molecular weight excluding hydrogens is 334 g/mol. The lowest BCUT2D eigenvalue weighted by molar-refractivity contribution is 0.171. The van der Waals surface area contributed by atoms with Gasteiger partial charge in [-0.15, -0.1) is 5.10 Å². The van der Waals surface area contributed by atoms with Crippen molar-refractivity contribution in [3.63, 3.8) is 0 Å². The molecule has 0 atom stereocenters. The maximum Gasteiger partial charge on any atom is 0.247 e. The van der Waals surface area contributed by atoms with Crippen LogP contribution >= 0.6 is 0 Å². The minimum Gasteiger partial charge on any atom is -0.486 e. The van der Waals surface area contributed by atoms with E-state index in [1.165, 1.54) is 0 Å². The second-order valence-corrected chi connectivity index (χ2v) is 5.88. The zero-order valence-electron chi connectivity index (χ0n) is 14.0.